The van der Waals surface area contributed by atoms with Crippen molar-refractivity contribution in [3.63, 3.8) is 0 Å². The van der Waals surface area contributed by atoms with Gasteiger partial charge in [-0.25, -0.2) is 0 Å². The number of hydrogen-bond acceptors (Lipinski definition) is 3. The zero-order valence-corrected chi connectivity index (χ0v) is 14.3. The molecule has 1 heterocycles. The van der Waals surface area contributed by atoms with Gasteiger partial charge in [-0.1, -0.05) is 46.8 Å². The fraction of sp³-hybridized carbons (Fsp3) is 0.375. The number of benzene rings is 1. The summed E-state index contributed by atoms with van der Waals surface area (Å²) in [5, 5.41) is 10.2. The van der Waals surface area contributed by atoms with Gasteiger partial charge in [-0.2, -0.15) is 4.98 Å². The second-order valence-electron chi connectivity index (χ2n) is 5.58. The van der Waals surface area contributed by atoms with Gasteiger partial charge in [0, 0.05) is 10.4 Å². The molecule has 1 aromatic carbocycles. The van der Waals surface area contributed by atoms with Gasteiger partial charge >= 0.3 is 0 Å². The number of aromatic nitrogens is 2. The van der Waals surface area contributed by atoms with Crippen LogP contribution in [0.3, 0.4) is 0 Å². The quantitative estimate of drug-likeness (QED) is 0.836. The highest BCUT2D eigenvalue weighted by molar-refractivity contribution is 9.10. The summed E-state index contributed by atoms with van der Waals surface area (Å²) < 4.78 is 2.37. The summed E-state index contributed by atoms with van der Waals surface area (Å²) in [5.74, 6) is 0.543. The molecule has 1 saturated carbocycles. The van der Waals surface area contributed by atoms with E-state index in [2.05, 4.69) is 20.9 Å². The van der Waals surface area contributed by atoms with Crippen molar-refractivity contribution in [2.45, 2.75) is 38.0 Å². The predicted molar refractivity (Wildman–Crippen MR) is 90.0 cm³/mol. The Labute approximate surface area is 141 Å². The van der Waals surface area contributed by atoms with Crippen molar-refractivity contribution >= 4 is 27.5 Å². The lowest BCUT2D eigenvalue weighted by Crippen LogP contribution is -2.25. The van der Waals surface area contributed by atoms with Crippen molar-refractivity contribution < 1.29 is 5.11 Å². The van der Waals surface area contributed by atoms with Gasteiger partial charge < -0.3 is 5.11 Å². The molecular formula is C16H16BrClN2O2. The summed E-state index contributed by atoms with van der Waals surface area (Å²) in [6.45, 7) is 0. The largest absolute Gasteiger partial charge is 0.493 e. The van der Waals surface area contributed by atoms with Gasteiger partial charge in [0.1, 0.15) is 5.82 Å². The minimum Gasteiger partial charge on any atom is -0.493 e. The molecule has 0 amide bonds. The average molecular weight is 384 g/mol. The Hall–Kier alpha value is -1.33. The molecule has 0 aliphatic heterocycles. The minimum atomic E-state index is -0.312. The van der Waals surface area contributed by atoms with Crippen LogP contribution in [0.5, 0.6) is 5.88 Å². The molecule has 0 spiro atoms. The maximum atomic E-state index is 12.5. The number of aromatic hydroxyl groups is 1. The van der Waals surface area contributed by atoms with E-state index in [0.29, 0.717) is 16.5 Å². The third-order valence-electron chi connectivity index (χ3n) is 4.05. The van der Waals surface area contributed by atoms with Crippen molar-refractivity contribution in [2.24, 2.45) is 0 Å². The first kappa shape index (κ1) is 15.6. The summed E-state index contributed by atoms with van der Waals surface area (Å²) in [5.41, 5.74) is 0.280. The van der Waals surface area contributed by atoms with Crippen molar-refractivity contribution in [3.05, 3.63) is 49.9 Å². The standard InChI is InChI=1S/C16H16BrClN2O2/c17-11-6-7-12(18)13(8-11)20-15(22)9-14(21)19-16(20)10-4-2-1-3-5-10/h6-10,21H,1-5H2. The van der Waals surface area contributed by atoms with E-state index < -0.39 is 0 Å². The van der Waals surface area contributed by atoms with Gasteiger partial charge in [-0.05, 0) is 31.0 Å². The first-order valence-electron chi connectivity index (χ1n) is 7.34. The predicted octanol–water partition coefficient (Wildman–Crippen LogP) is 4.40. The molecule has 2 aromatic rings. The number of nitrogens with zero attached hydrogens (tertiary/aromatic N) is 2. The second-order valence-corrected chi connectivity index (χ2v) is 6.90. The maximum Gasteiger partial charge on any atom is 0.261 e. The lowest BCUT2D eigenvalue weighted by molar-refractivity contribution is 0.402. The molecule has 0 unspecified atom stereocenters. The topological polar surface area (TPSA) is 55.1 Å². The van der Waals surface area contributed by atoms with Gasteiger partial charge in [0.15, 0.2) is 0 Å². The van der Waals surface area contributed by atoms with Crippen molar-refractivity contribution in [2.75, 3.05) is 0 Å². The van der Waals surface area contributed by atoms with E-state index in [4.69, 9.17) is 11.6 Å². The van der Waals surface area contributed by atoms with Gasteiger partial charge in [0.05, 0.1) is 16.8 Å². The van der Waals surface area contributed by atoms with E-state index in [9.17, 15) is 9.90 Å². The fourth-order valence-electron chi connectivity index (χ4n) is 3.02. The van der Waals surface area contributed by atoms with Crippen LogP contribution in [0.15, 0.2) is 33.5 Å². The molecule has 1 N–H and O–H groups in total. The Balaban J connectivity index is 2.21. The molecule has 4 nitrogen and oxygen atoms in total. The lowest BCUT2D eigenvalue weighted by Gasteiger charge is -2.24. The lowest BCUT2D eigenvalue weighted by atomic mass is 9.88. The molecule has 1 aliphatic rings. The van der Waals surface area contributed by atoms with Gasteiger partial charge in [-0.3, -0.25) is 9.36 Å². The SMILES string of the molecule is O=c1cc(O)nc(C2CCCCC2)n1-c1cc(Br)ccc1Cl. The molecule has 22 heavy (non-hydrogen) atoms. The van der Waals surface area contributed by atoms with E-state index >= 15 is 0 Å². The van der Waals surface area contributed by atoms with E-state index in [-0.39, 0.29) is 17.4 Å². The summed E-state index contributed by atoms with van der Waals surface area (Å²) in [4.78, 5) is 16.7. The third kappa shape index (κ3) is 3.06. The average Bonchev–Trinajstić information content (AvgIpc) is 2.50. The highest BCUT2D eigenvalue weighted by Crippen LogP contribution is 2.34. The Kier molecular flexibility index (Phi) is 4.54. The van der Waals surface area contributed by atoms with Gasteiger partial charge in [-0.15, -0.1) is 0 Å². The van der Waals surface area contributed by atoms with Crippen LogP contribution >= 0.6 is 27.5 Å². The zero-order valence-electron chi connectivity index (χ0n) is 11.9. The molecule has 0 bridgehead atoms. The van der Waals surface area contributed by atoms with E-state index in [1.807, 2.05) is 6.07 Å². The fourth-order valence-corrected chi connectivity index (χ4v) is 3.57. The molecule has 116 valence electrons. The Morgan fingerprint density at radius 3 is 2.68 bits per heavy atom. The second kappa shape index (κ2) is 6.42. The molecule has 1 aliphatic carbocycles. The van der Waals surface area contributed by atoms with Crippen LogP contribution in [-0.2, 0) is 0 Å². The molecule has 1 aromatic heterocycles. The van der Waals surface area contributed by atoms with Crippen molar-refractivity contribution in [1.82, 2.24) is 9.55 Å². The summed E-state index contributed by atoms with van der Waals surface area (Å²) in [7, 11) is 0. The molecule has 0 atom stereocenters. The van der Waals surface area contributed by atoms with Gasteiger partial charge in [0.25, 0.3) is 5.56 Å². The van der Waals surface area contributed by atoms with Crippen LogP contribution in [0, 0.1) is 0 Å². The zero-order chi connectivity index (χ0) is 15.7. The van der Waals surface area contributed by atoms with Crippen molar-refractivity contribution in [3.8, 4) is 11.6 Å². The van der Waals surface area contributed by atoms with Crippen molar-refractivity contribution in [1.29, 1.82) is 0 Å². The van der Waals surface area contributed by atoms with E-state index in [1.165, 1.54) is 11.0 Å². The molecular weight excluding hydrogens is 368 g/mol. The molecule has 0 saturated heterocycles. The first-order valence-corrected chi connectivity index (χ1v) is 8.52. The summed E-state index contributed by atoms with van der Waals surface area (Å²) >= 11 is 9.69. The normalized spacial score (nSPS) is 15.9. The maximum absolute atomic E-state index is 12.5. The van der Waals surface area contributed by atoms with Crippen LogP contribution in [0.4, 0.5) is 0 Å². The van der Waals surface area contributed by atoms with Crippen LogP contribution in [0.25, 0.3) is 5.69 Å². The van der Waals surface area contributed by atoms with Gasteiger partial charge in [0.2, 0.25) is 5.88 Å². The molecule has 6 heteroatoms. The molecule has 0 radical (unpaired) electrons. The smallest absolute Gasteiger partial charge is 0.261 e. The number of halogens is 2. The van der Waals surface area contributed by atoms with Crippen LogP contribution < -0.4 is 5.56 Å². The molecule has 3 rings (SSSR count). The highest BCUT2D eigenvalue weighted by Gasteiger charge is 2.23. The monoisotopic (exact) mass is 382 g/mol. The Morgan fingerprint density at radius 1 is 1.23 bits per heavy atom. The Bertz CT molecular complexity index is 754. The van der Waals surface area contributed by atoms with E-state index in [1.54, 1.807) is 12.1 Å². The van der Waals surface area contributed by atoms with Crippen LogP contribution in [0.1, 0.15) is 43.8 Å². The number of rotatable bonds is 2. The number of hydrogen-bond donors (Lipinski definition) is 1. The third-order valence-corrected chi connectivity index (χ3v) is 4.86. The first-order chi connectivity index (χ1) is 10.6. The van der Waals surface area contributed by atoms with Crippen LogP contribution in [0.2, 0.25) is 5.02 Å². The minimum absolute atomic E-state index is 0.170. The van der Waals surface area contributed by atoms with Crippen LogP contribution in [-0.4, -0.2) is 14.7 Å². The summed E-state index contributed by atoms with van der Waals surface area (Å²) in [6, 6.07) is 6.49. The molecule has 1 fully saturated rings. The highest BCUT2D eigenvalue weighted by atomic mass is 79.9. The Morgan fingerprint density at radius 2 is 1.95 bits per heavy atom. The van der Waals surface area contributed by atoms with E-state index in [0.717, 1.165) is 36.2 Å². The summed E-state index contributed by atoms with van der Waals surface area (Å²) in [6.07, 6.45) is 5.38.